The van der Waals surface area contributed by atoms with Crippen LogP contribution in [0, 0.1) is 0 Å². The number of rotatable bonds is 4. The lowest BCUT2D eigenvalue weighted by Gasteiger charge is -2.24. The van der Waals surface area contributed by atoms with E-state index in [0.29, 0.717) is 24.3 Å². The molecule has 0 radical (unpaired) electrons. The van der Waals surface area contributed by atoms with Crippen LogP contribution in [-0.2, 0) is 22.8 Å². The first-order chi connectivity index (χ1) is 8.56. The minimum Gasteiger partial charge on any atom is -0.307 e. The summed E-state index contributed by atoms with van der Waals surface area (Å²) in [7, 11) is -3.16. The normalized spacial score (nSPS) is 18.5. The number of sulfone groups is 1. The monoisotopic (exact) mass is 307 g/mol. The third kappa shape index (κ3) is 3.68. The van der Waals surface area contributed by atoms with Crippen LogP contribution in [-0.4, -0.2) is 26.9 Å². The summed E-state index contributed by atoms with van der Waals surface area (Å²) in [5.74, 6) is 0.173. The van der Waals surface area contributed by atoms with E-state index in [1.54, 1.807) is 12.1 Å². The summed E-state index contributed by atoms with van der Waals surface area (Å²) >= 11 is 0. The lowest BCUT2D eigenvalue weighted by molar-refractivity contribution is 0.358. The van der Waals surface area contributed by atoms with E-state index in [2.05, 4.69) is 5.32 Å². The van der Waals surface area contributed by atoms with Gasteiger partial charge in [0.2, 0.25) is 0 Å². The van der Waals surface area contributed by atoms with Crippen molar-refractivity contribution in [3.05, 3.63) is 29.3 Å². The number of nitrogens with one attached hydrogen (secondary N) is 1. The van der Waals surface area contributed by atoms with Crippen LogP contribution in [0.5, 0.6) is 0 Å². The molecule has 0 aromatic heterocycles. The van der Waals surface area contributed by atoms with Crippen molar-refractivity contribution in [2.45, 2.75) is 37.2 Å². The Morgan fingerprint density at radius 2 is 2.11 bits per heavy atom. The van der Waals surface area contributed by atoms with Gasteiger partial charge in [-0.05, 0) is 36.1 Å². The minimum absolute atomic E-state index is 0. The quantitative estimate of drug-likeness (QED) is 0.928. The predicted molar refractivity (Wildman–Crippen MR) is 76.3 cm³/mol. The first kappa shape index (κ1) is 16.4. The van der Waals surface area contributed by atoms with Crippen LogP contribution in [0.4, 0.5) is 4.39 Å². The van der Waals surface area contributed by atoms with Crippen molar-refractivity contribution in [1.82, 2.24) is 5.32 Å². The van der Waals surface area contributed by atoms with E-state index < -0.39 is 16.5 Å². The molecule has 0 spiro atoms. The zero-order valence-corrected chi connectivity index (χ0v) is 12.5. The summed E-state index contributed by atoms with van der Waals surface area (Å²) < 4.78 is 36.5. The molecule has 0 saturated heterocycles. The maximum atomic E-state index is 12.6. The molecule has 1 aromatic rings. The highest BCUT2D eigenvalue weighted by molar-refractivity contribution is 7.91. The number of hydrogen-bond acceptors (Lipinski definition) is 3. The van der Waals surface area contributed by atoms with E-state index in [1.165, 1.54) is 0 Å². The fourth-order valence-corrected chi connectivity index (χ4v) is 3.62. The molecule has 1 unspecified atom stereocenters. The van der Waals surface area contributed by atoms with Crippen molar-refractivity contribution in [3.8, 4) is 0 Å². The van der Waals surface area contributed by atoms with Gasteiger partial charge in [-0.2, -0.15) is 0 Å². The van der Waals surface area contributed by atoms with Gasteiger partial charge in [0.1, 0.15) is 6.67 Å². The second-order valence-electron chi connectivity index (χ2n) is 4.69. The first-order valence-corrected chi connectivity index (χ1v) is 7.86. The molecule has 1 N–H and O–H groups in total. The molecule has 1 aromatic carbocycles. The summed E-state index contributed by atoms with van der Waals surface area (Å²) in [5, 5.41) is 3.07. The van der Waals surface area contributed by atoms with Crippen molar-refractivity contribution in [2.24, 2.45) is 0 Å². The molecule has 1 aliphatic heterocycles. The van der Waals surface area contributed by atoms with Gasteiger partial charge in [-0.15, -0.1) is 12.4 Å². The fraction of sp³-hybridized carbons (Fsp3) is 0.538. The molecule has 3 nitrogen and oxygen atoms in total. The van der Waals surface area contributed by atoms with E-state index in [4.69, 9.17) is 0 Å². The van der Waals surface area contributed by atoms with Gasteiger partial charge in [0.05, 0.1) is 10.6 Å². The highest BCUT2D eigenvalue weighted by atomic mass is 35.5. The van der Waals surface area contributed by atoms with Crippen LogP contribution in [0.2, 0.25) is 0 Å². The molecule has 0 amide bonds. The van der Waals surface area contributed by atoms with E-state index in [1.807, 2.05) is 13.0 Å². The van der Waals surface area contributed by atoms with Gasteiger partial charge >= 0.3 is 0 Å². The number of halogens is 2. The summed E-state index contributed by atoms with van der Waals surface area (Å²) in [5.41, 5.74) is 2.02. The Morgan fingerprint density at radius 3 is 2.74 bits per heavy atom. The molecule has 0 bridgehead atoms. The van der Waals surface area contributed by atoms with E-state index in [0.717, 1.165) is 11.1 Å². The maximum absolute atomic E-state index is 12.6. The Morgan fingerprint density at radius 1 is 1.37 bits per heavy atom. The molecule has 6 heteroatoms. The summed E-state index contributed by atoms with van der Waals surface area (Å²) in [6.45, 7) is 2.00. The molecule has 108 valence electrons. The van der Waals surface area contributed by atoms with Gasteiger partial charge in [-0.25, -0.2) is 12.8 Å². The topological polar surface area (TPSA) is 46.2 Å². The SMILES string of the molecule is CCCS(=O)(=O)c1ccc2c(c1)CNC(CF)C2.Cl. The maximum Gasteiger partial charge on any atom is 0.178 e. The molecule has 1 atom stereocenters. The van der Waals surface area contributed by atoms with Gasteiger partial charge in [0.25, 0.3) is 0 Å². The van der Waals surface area contributed by atoms with Crippen molar-refractivity contribution >= 4 is 22.2 Å². The molecular weight excluding hydrogens is 289 g/mol. The van der Waals surface area contributed by atoms with Crippen molar-refractivity contribution in [2.75, 3.05) is 12.4 Å². The van der Waals surface area contributed by atoms with E-state index in [-0.39, 0.29) is 24.2 Å². The van der Waals surface area contributed by atoms with Crippen molar-refractivity contribution in [1.29, 1.82) is 0 Å². The zero-order valence-electron chi connectivity index (χ0n) is 10.9. The lowest BCUT2D eigenvalue weighted by atomic mass is 9.96. The predicted octanol–water partition coefficient (Wildman–Crippen LogP) is 2.28. The molecule has 0 aliphatic carbocycles. The van der Waals surface area contributed by atoms with E-state index >= 15 is 0 Å². The van der Waals surface area contributed by atoms with Gasteiger partial charge in [0.15, 0.2) is 9.84 Å². The average Bonchev–Trinajstić information content (AvgIpc) is 2.37. The summed E-state index contributed by atoms with van der Waals surface area (Å²) in [6, 6.07) is 5.05. The zero-order chi connectivity index (χ0) is 13.2. The molecule has 0 saturated carbocycles. The van der Waals surface area contributed by atoms with Gasteiger partial charge < -0.3 is 5.32 Å². The molecule has 19 heavy (non-hydrogen) atoms. The van der Waals surface area contributed by atoms with Crippen LogP contribution in [0.3, 0.4) is 0 Å². The smallest absolute Gasteiger partial charge is 0.178 e. The Bertz CT molecular complexity index is 533. The second-order valence-corrected chi connectivity index (χ2v) is 6.79. The Labute approximate surface area is 119 Å². The molecule has 1 heterocycles. The number of hydrogen-bond donors (Lipinski definition) is 1. The molecule has 1 aliphatic rings. The highest BCUT2D eigenvalue weighted by Crippen LogP contribution is 2.22. The van der Waals surface area contributed by atoms with Gasteiger partial charge in [-0.3, -0.25) is 0 Å². The second kappa shape index (κ2) is 6.68. The number of benzene rings is 1. The standard InChI is InChI=1S/C13H18FNO2S.ClH/c1-2-5-18(16,17)13-4-3-10-6-12(8-14)15-9-11(10)7-13;/h3-4,7,12,15H,2,5-6,8-9H2,1H3;1H. The number of fused-ring (bicyclic) bond motifs is 1. The Kier molecular flexibility index (Phi) is 5.77. The highest BCUT2D eigenvalue weighted by Gasteiger charge is 2.20. The van der Waals surface area contributed by atoms with Gasteiger partial charge in [0, 0.05) is 12.6 Å². The minimum atomic E-state index is -3.16. The van der Waals surface area contributed by atoms with E-state index in [9.17, 15) is 12.8 Å². The third-order valence-corrected chi connectivity index (χ3v) is 5.16. The largest absolute Gasteiger partial charge is 0.307 e. The molecule has 0 fully saturated rings. The fourth-order valence-electron chi connectivity index (χ4n) is 2.25. The molecular formula is C13H19ClFNO2S. The van der Waals surface area contributed by atoms with Crippen LogP contribution >= 0.6 is 12.4 Å². The lowest BCUT2D eigenvalue weighted by Crippen LogP contribution is -2.37. The van der Waals surface area contributed by atoms with Gasteiger partial charge in [-0.1, -0.05) is 13.0 Å². The van der Waals surface area contributed by atoms with Crippen molar-refractivity contribution in [3.63, 3.8) is 0 Å². The van der Waals surface area contributed by atoms with Crippen LogP contribution < -0.4 is 5.32 Å². The van der Waals surface area contributed by atoms with Crippen LogP contribution in [0.25, 0.3) is 0 Å². The summed E-state index contributed by atoms with van der Waals surface area (Å²) in [4.78, 5) is 0.378. The first-order valence-electron chi connectivity index (χ1n) is 6.20. The Hall–Kier alpha value is -0.650. The van der Waals surface area contributed by atoms with Crippen molar-refractivity contribution < 1.29 is 12.8 Å². The number of alkyl halides is 1. The summed E-state index contributed by atoms with van der Waals surface area (Å²) in [6.07, 6.45) is 1.24. The average molecular weight is 308 g/mol. The van der Waals surface area contributed by atoms with Crippen LogP contribution in [0.15, 0.2) is 23.1 Å². The van der Waals surface area contributed by atoms with Crippen LogP contribution in [0.1, 0.15) is 24.5 Å². The molecule has 2 rings (SSSR count). The third-order valence-electron chi connectivity index (χ3n) is 3.24. The Balaban J connectivity index is 0.00000180.